The molecule has 0 saturated heterocycles. The number of hydrogen-bond donors (Lipinski definition) is 1. The van der Waals surface area contributed by atoms with Crippen LogP contribution in [0.15, 0.2) is 54.6 Å². The quantitative estimate of drug-likeness (QED) is 0.942. The van der Waals surface area contributed by atoms with Crippen molar-refractivity contribution in [3.63, 3.8) is 0 Å². The van der Waals surface area contributed by atoms with E-state index in [0.717, 1.165) is 24.8 Å². The number of carbonyl (C=O) groups is 1. The van der Waals surface area contributed by atoms with Crippen LogP contribution in [0.2, 0.25) is 0 Å². The molecule has 2 unspecified atom stereocenters. The largest absolute Gasteiger partial charge is 0.388 e. The van der Waals surface area contributed by atoms with Crippen LogP contribution in [0.25, 0.3) is 0 Å². The second-order valence-electron chi connectivity index (χ2n) is 6.30. The summed E-state index contributed by atoms with van der Waals surface area (Å²) in [5, 5.41) is 10.2. The number of fused-ring (bicyclic) bond motifs is 1. The summed E-state index contributed by atoms with van der Waals surface area (Å²) in [5.74, 6) is 0.00531. The van der Waals surface area contributed by atoms with Crippen LogP contribution in [0, 0.1) is 0 Å². The molecule has 3 nitrogen and oxygen atoms in total. The molecule has 0 radical (unpaired) electrons. The number of aryl methyl sites for hydroxylation is 1. The molecular weight excluding hydrogens is 286 g/mol. The van der Waals surface area contributed by atoms with Gasteiger partial charge in [0.15, 0.2) is 0 Å². The molecule has 0 heterocycles. The van der Waals surface area contributed by atoms with E-state index in [2.05, 4.69) is 24.3 Å². The molecule has 3 rings (SSSR count). The maximum atomic E-state index is 12.5. The number of amides is 1. The van der Waals surface area contributed by atoms with Crippen molar-refractivity contribution >= 4 is 5.91 Å². The van der Waals surface area contributed by atoms with Gasteiger partial charge in [-0.15, -0.1) is 0 Å². The van der Waals surface area contributed by atoms with Gasteiger partial charge in [0.05, 0.1) is 12.5 Å². The average Bonchev–Trinajstić information content (AvgIpc) is 2.61. The minimum absolute atomic E-state index is 0.00531. The third kappa shape index (κ3) is 3.62. The summed E-state index contributed by atoms with van der Waals surface area (Å²) in [6.45, 7) is 0. The van der Waals surface area contributed by atoms with E-state index < -0.39 is 6.10 Å². The Labute approximate surface area is 137 Å². The van der Waals surface area contributed by atoms with Gasteiger partial charge >= 0.3 is 0 Å². The van der Waals surface area contributed by atoms with Crippen molar-refractivity contribution in [1.82, 2.24) is 4.90 Å². The first-order valence-corrected chi connectivity index (χ1v) is 8.20. The zero-order chi connectivity index (χ0) is 16.2. The molecule has 1 aliphatic rings. The highest BCUT2D eigenvalue weighted by molar-refractivity contribution is 5.77. The number of aliphatic hydroxyl groups excluding tert-OH is 1. The predicted octanol–water partition coefficient (Wildman–Crippen LogP) is 3.13. The van der Waals surface area contributed by atoms with Gasteiger partial charge in [0.2, 0.25) is 5.91 Å². The van der Waals surface area contributed by atoms with E-state index in [9.17, 15) is 9.90 Å². The summed E-state index contributed by atoms with van der Waals surface area (Å²) < 4.78 is 0. The van der Waals surface area contributed by atoms with Crippen LogP contribution in [0.5, 0.6) is 0 Å². The summed E-state index contributed by atoms with van der Waals surface area (Å²) in [6, 6.07) is 18.1. The molecule has 2 aromatic rings. The van der Waals surface area contributed by atoms with Gasteiger partial charge < -0.3 is 10.0 Å². The van der Waals surface area contributed by atoms with Gasteiger partial charge in [-0.3, -0.25) is 4.79 Å². The van der Waals surface area contributed by atoms with Crippen LogP contribution in [-0.2, 0) is 17.6 Å². The molecule has 0 bridgehead atoms. The molecule has 23 heavy (non-hydrogen) atoms. The van der Waals surface area contributed by atoms with Crippen molar-refractivity contribution in [2.24, 2.45) is 0 Å². The summed E-state index contributed by atoms with van der Waals surface area (Å²) in [5.41, 5.74) is 3.53. The summed E-state index contributed by atoms with van der Waals surface area (Å²) in [6.07, 6.45) is 2.31. The Morgan fingerprint density at radius 1 is 1.13 bits per heavy atom. The van der Waals surface area contributed by atoms with Crippen LogP contribution >= 0.6 is 0 Å². The van der Waals surface area contributed by atoms with Crippen molar-refractivity contribution in [3.05, 3.63) is 71.3 Å². The Morgan fingerprint density at radius 3 is 2.52 bits per heavy atom. The molecule has 2 aromatic carbocycles. The zero-order valence-electron chi connectivity index (χ0n) is 13.5. The van der Waals surface area contributed by atoms with E-state index in [1.165, 1.54) is 11.1 Å². The number of carbonyl (C=O) groups excluding carboxylic acids is 1. The minimum Gasteiger partial charge on any atom is -0.388 e. The zero-order valence-corrected chi connectivity index (χ0v) is 13.5. The van der Waals surface area contributed by atoms with E-state index >= 15 is 0 Å². The molecule has 1 amide bonds. The molecule has 0 aromatic heterocycles. The van der Waals surface area contributed by atoms with Gasteiger partial charge in [0.1, 0.15) is 0 Å². The number of nitrogens with zero attached hydrogens (tertiary/aromatic N) is 1. The van der Waals surface area contributed by atoms with Crippen LogP contribution < -0.4 is 0 Å². The van der Waals surface area contributed by atoms with Gasteiger partial charge in [-0.05, 0) is 36.0 Å². The Morgan fingerprint density at radius 2 is 1.78 bits per heavy atom. The lowest BCUT2D eigenvalue weighted by Crippen LogP contribution is -2.41. The molecule has 0 aliphatic heterocycles. The monoisotopic (exact) mass is 309 g/mol. The highest BCUT2D eigenvalue weighted by atomic mass is 16.3. The Kier molecular flexibility index (Phi) is 4.77. The van der Waals surface area contributed by atoms with Gasteiger partial charge in [0, 0.05) is 13.1 Å². The predicted molar refractivity (Wildman–Crippen MR) is 91.0 cm³/mol. The second kappa shape index (κ2) is 6.97. The second-order valence-corrected chi connectivity index (χ2v) is 6.30. The van der Waals surface area contributed by atoms with Gasteiger partial charge in [-0.2, -0.15) is 0 Å². The van der Waals surface area contributed by atoms with Gasteiger partial charge in [-0.1, -0.05) is 54.6 Å². The van der Waals surface area contributed by atoms with Crippen molar-refractivity contribution in [1.29, 1.82) is 0 Å². The highest BCUT2D eigenvalue weighted by Crippen LogP contribution is 2.25. The first kappa shape index (κ1) is 15.8. The summed E-state index contributed by atoms with van der Waals surface area (Å²) in [4.78, 5) is 14.3. The summed E-state index contributed by atoms with van der Waals surface area (Å²) in [7, 11) is 1.86. The standard InChI is InChI=1S/C20H23NO2/c1-21(18-12-11-15-7-5-6-10-17(15)13-18)20(23)14-19(22)16-8-3-2-4-9-16/h2-10,18-19,22H,11-14H2,1H3. The number of aliphatic hydroxyl groups is 1. The molecule has 120 valence electrons. The van der Waals surface area contributed by atoms with E-state index in [1.807, 2.05) is 42.3 Å². The number of benzene rings is 2. The van der Waals surface area contributed by atoms with Crippen LogP contribution in [0.4, 0.5) is 0 Å². The molecule has 3 heteroatoms. The Bertz CT molecular complexity index is 668. The maximum Gasteiger partial charge on any atom is 0.225 e. The van der Waals surface area contributed by atoms with Gasteiger partial charge in [-0.25, -0.2) is 0 Å². The van der Waals surface area contributed by atoms with E-state index in [-0.39, 0.29) is 18.4 Å². The topological polar surface area (TPSA) is 40.5 Å². The number of hydrogen-bond acceptors (Lipinski definition) is 2. The number of likely N-dealkylation sites (N-methyl/N-ethyl adjacent to an activating group) is 1. The number of rotatable bonds is 4. The fourth-order valence-electron chi connectivity index (χ4n) is 3.32. The first-order valence-electron chi connectivity index (χ1n) is 8.20. The van der Waals surface area contributed by atoms with E-state index in [1.54, 1.807) is 0 Å². The Hall–Kier alpha value is -2.13. The van der Waals surface area contributed by atoms with Crippen molar-refractivity contribution in [3.8, 4) is 0 Å². The first-order chi connectivity index (χ1) is 11.1. The van der Waals surface area contributed by atoms with E-state index in [4.69, 9.17) is 0 Å². The lowest BCUT2D eigenvalue weighted by Gasteiger charge is -2.33. The van der Waals surface area contributed by atoms with Crippen molar-refractivity contribution < 1.29 is 9.90 Å². The molecule has 2 atom stereocenters. The third-order valence-electron chi connectivity index (χ3n) is 4.81. The maximum absolute atomic E-state index is 12.5. The normalized spacial score (nSPS) is 18.1. The van der Waals surface area contributed by atoms with E-state index in [0.29, 0.717) is 0 Å². The summed E-state index contributed by atoms with van der Waals surface area (Å²) >= 11 is 0. The van der Waals surface area contributed by atoms with Crippen molar-refractivity contribution in [2.45, 2.75) is 37.8 Å². The molecule has 1 aliphatic carbocycles. The van der Waals surface area contributed by atoms with Crippen molar-refractivity contribution in [2.75, 3.05) is 7.05 Å². The highest BCUT2D eigenvalue weighted by Gasteiger charge is 2.26. The smallest absolute Gasteiger partial charge is 0.225 e. The average molecular weight is 309 g/mol. The van der Waals surface area contributed by atoms with Crippen LogP contribution in [0.1, 0.15) is 35.6 Å². The molecule has 0 fully saturated rings. The molecule has 0 saturated carbocycles. The SMILES string of the molecule is CN(C(=O)CC(O)c1ccccc1)C1CCc2ccccc2C1. The fraction of sp³-hybridized carbons (Fsp3) is 0.350. The minimum atomic E-state index is -0.734. The molecule has 1 N–H and O–H groups in total. The van der Waals surface area contributed by atoms with Gasteiger partial charge in [0.25, 0.3) is 0 Å². The lowest BCUT2D eigenvalue weighted by molar-refractivity contribution is -0.134. The third-order valence-corrected chi connectivity index (χ3v) is 4.81. The van der Waals surface area contributed by atoms with Crippen LogP contribution in [0.3, 0.4) is 0 Å². The molecule has 0 spiro atoms. The lowest BCUT2D eigenvalue weighted by atomic mass is 9.87. The fourth-order valence-corrected chi connectivity index (χ4v) is 3.32. The van der Waals surface area contributed by atoms with Crippen LogP contribution in [-0.4, -0.2) is 29.0 Å². The molecular formula is C20H23NO2. The Balaban J connectivity index is 1.62.